The number of halogens is 1. The van der Waals surface area contributed by atoms with Gasteiger partial charge in [0.15, 0.2) is 0 Å². The van der Waals surface area contributed by atoms with E-state index in [0.717, 1.165) is 12.1 Å². The monoisotopic (exact) mass is 316 g/mol. The molecule has 0 aliphatic rings. The van der Waals surface area contributed by atoms with Crippen LogP contribution in [0.15, 0.2) is 29.3 Å². The summed E-state index contributed by atoms with van der Waals surface area (Å²) in [6.45, 7) is 1.46. The molecule has 20 heavy (non-hydrogen) atoms. The van der Waals surface area contributed by atoms with E-state index in [0.29, 0.717) is 17.7 Å². The third-order valence-corrected chi connectivity index (χ3v) is 4.44. The van der Waals surface area contributed by atoms with E-state index in [9.17, 15) is 8.42 Å². The van der Waals surface area contributed by atoms with Crippen LogP contribution in [0.1, 0.15) is 0 Å². The van der Waals surface area contributed by atoms with Gasteiger partial charge in [-0.3, -0.25) is 0 Å². The van der Waals surface area contributed by atoms with Crippen molar-refractivity contribution in [2.75, 3.05) is 27.7 Å². The van der Waals surface area contributed by atoms with Crippen LogP contribution in [-0.2, 0) is 15.6 Å². The number of nitrogens with zero attached hydrogens (tertiary/aromatic N) is 2. The predicted molar refractivity (Wildman–Crippen MR) is 80.1 cm³/mol. The fourth-order valence-corrected chi connectivity index (χ4v) is 3.18. The van der Waals surface area contributed by atoms with E-state index in [4.69, 9.17) is 15.4 Å². The summed E-state index contributed by atoms with van der Waals surface area (Å²) < 4.78 is 30.6. The molecule has 2 aromatic rings. The van der Waals surface area contributed by atoms with Crippen molar-refractivity contribution in [3.63, 3.8) is 0 Å². The van der Waals surface area contributed by atoms with Gasteiger partial charge < -0.3 is 14.2 Å². The van der Waals surface area contributed by atoms with Crippen LogP contribution in [0.4, 0.5) is 0 Å². The standard InChI is InChI=1S/C13H17ClN2O3S/c1-15(2)7-8-16-9-12(20(14,17)18)13-10(16)5-4-6-11(13)19-3/h4-6,9H,7-8H2,1-3H3. The lowest BCUT2D eigenvalue weighted by molar-refractivity contribution is 0.386. The van der Waals surface area contributed by atoms with Crippen LogP contribution in [0.5, 0.6) is 5.75 Å². The minimum Gasteiger partial charge on any atom is -0.496 e. The zero-order valence-corrected chi connectivity index (χ0v) is 13.2. The Hall–Kier alpha value is -1.24. The first-order valence-electron chi connectivity index (χ1n) is 6.10. The highest BCUT2D eigenvalue weighted by Crippen LogP contribution is 2.34. The van der Waals surface area contributed by atoms with Crippen LogP contribution in [-0.4, -0.2) is 45.6 Å². The molecule has 0 aliphatic heterocycles. The minimum absolute atomic E-state index is 0.0883. The average molecular weight is 317 g/mol. The lowest BCUT2D eigenvalue weighted by Gasteiger charge is -2.11. The highest BCUT2D eigenvalue weighted by molar-refractivity contribution is 8.14. The molecule has 0 aliphatic carbocycles. The third kappa shape index (κ3) is 2.92. The molecule has 5 nitrogen and oxygen atoms in total. The zero-order valence-electron chi connectivity index (χ0n) is 11.6. The molecule has 0 radical (unpaired) electrons. The van der Waals surface area contributed by atoms with Gasteiger partial charge >= 0.3 is 0 Å². The van der Waals surface area contributed by atoms with Crippen LogP contribution >= 0.6 is 10.7 Å². The van der Waals surface area contributed by atoms with Crippen molar-refractivity contribution in [1.29, 1.82) is 0 Å². The maximum atomic E-state index is 11.8. The number of likely N-dealkylation sites (N-methyl/N-ethyl adjacent to an activating group) is 1. The van der Waals surface area contributed by atoms with E-state index in [1.165, 1.54) is 7.11 Å². The highest BCUT2D eigenvalue weighted by Gasteiger charge is 2.21. The van der Waals surface area contributed by atoms with E-state index in [-0.39, 0.29) is 4.90 Å². The SMILES string of the molecule is COc1cccc2c1c(S(=O)(=O)Cl)cn2CCN(C)C. The smallest absolute Gasteiger partial charge is 0.263 e. The lowest BCUT2D eigenvalue weighted by Crippen LogP contribution is -2.17. The predicted octanol–water partition coefficient (Wildman–Crippen LogP) is 2.14. The number of aromatic nitrogens is 1. The van der Waals surface area contributed by atoms with E-state index < -0.39 is 9.05 Å². The molecule has 0 N–H and O–H groups in total. The number of methoxy groups -OCH3 is 1. The molecular weight excluding hydrogens is 300 g/mol. The average Bonchev–Trinajstić information content (AvgIpc) is 2.75. The Morgan fingerprint density at radius 1 is 1.35 bits per heavy atom. The molecule has 0 atom stereocenters. The Balaban J connectivity index is 2.67. The van der Waals surface area contributed by atoms with Crippen LogP contribution in [0.25, 0.3) is 10.9 Å². The first-order valence-corrected chi connectivity index (χ1v) is 8.40. The summed E-state index contributed by atoms with van der Waals surface area (Å²) in [5.41, 5.74) is 0.797. The summed E-state index contributed by atoms with van der Waals surface area (Å²) >= 11 is 0. The molecule has 1 aromatic carbocycles. The van der Waals surface area contributed by atoms with E-state index in [1.807, 2.05) is 35.7 Å². The molecule has 2 rings (SSSR count). The minimum atomic E-state index is -3.82. The van der Waals surface area contributed by atoms with Crippen molar-refractivity contribution in [3.05, 3.63) is 24.4 Å². The van der Waals surface area contributed by atoms with Gasteiger partial charge in [0, 0.05) is 30.0 Å². The fraction of sp³-hybridized carbons (Fsp3) is 0.385. The van der Waals surface area contributed by atoms with Gasteiger partial charge in [-0.2, -0.15) is 0 Å². The Kier molecular flexibility index (Phi) is 4.27. The number of hydrogen-bond donors (Lipinski definition) is 0. The van der Waals surface area contributed by atoms with Gasteiger partial charge in [0.2, 0.25) is 0 Å². The molecule has 110 valence electrons. The molecule has 0 unspecified atom stereocenters. The zero-order chi connectivity index (χ0) is 14.9. The second-order valence-electron chi connectivity index (χ2n) is 4.78. The molecule has 0 saturated carbocycles. The Morgan fingerprint density at radius 3 is 2.60 bits per heavy atom. The molecule has 1 aromatic heterocycles. The molecule has 7 heteroatoms. The fourth-order valence-electron chi connectivity index (χ4n) is 2.13. The van der Waals surface area contributed by atoms with E-state index >= 15 is 0 Å². The lowest BCUT2D eigenvalue weighted by atomic mass is 10.2. The number of fused-ring (bicyclic) bond motifs is 1. The number of ether oxygens (including phenoxy) is 1. The first-order chi connectivity index (χ1) is 9.34. The molecule has 0 spiro atoms. The topological polar surface area (TPSA) is 51.5 Å². The molecule has 0 amide bonds. The number of benzene rings is 1. The maximum absolute atomic E-state index is 11.8. The molecular formula is C13H17ClN2O3S. The van der Waals surface area contributed by atoms with Crippen molar-refractivity contribution >= 4 is 30.6 Å². The second kappa shape index (κ2) is 5.63. The number of hydrogen-bond acceptors (Lipinski definition) is 4. The quantitative estimate of drug-likeness (QED) is 0.793. The van der Waals surface area contributed by atoms with Gasteiger partial charge in [0.25, 0.3) is 9.05 Å². The molecule has 0 bridgehead atoms. The molecule has 0 saturated heterocycles. The summed E-state index contributed by atoms with van der Waals surface area (Å²) in [5.74, 6) is 0.505. The first kappa shape index (κ1) is 15.2. The Morgan fingerprint density at radius 2 is 2.05 bits per heavy atom. The summed E-state index contributed by atoms with van der Waals surface area (Å²) in [6.07, 6.45) is 1.57. The van der Waals surface area contributed by atoms with Crippen LogP contribution < -0.4 is 4.74 Å². The summed E-state index contributed by atoms with van der Waals surface area (Å²) in [4.78, 5) is 2.12. The van der Waals surface area contributed by atoms with E-state index in [1.54, 1.807) is 12.3 Å². The summed E-state index contributed by atoms with van der Waals surface area (Å²) in [6, 6.07) is 5.42. The largest absolute Gasteiger partial charge is 0.496 e. The van der Waals surface area contributed by atoms with Crippen molar-refractivity contribution < 1.29 is 13.2 Å². The van der Waals surface area contributed by atoms with Crippen molar-refractivity contribution in [3.8, 4) is 5.75 Å². The van der Waals surface area contributed by atoms with Gasteiger partial charge in [-0.25, -0.2) is 8.42 Å². The van der Waals surface area contributed by atoms with Crippen molar-refractivity contribution in [2.24, 2.45) is 0 Å². The summed E-state index contributed by atoms with van der Waals surface area (Å²) in [7, 11) is 7.15. The third-order valence-electron chi connectivity index (χ3n) is 3.10. The Labute approximate surface area is 123 Å². The van der Waals surface area contributed by atoms with Crippen LogP contribution in [0.3, 0.4) is 0 Å². The summed E-state index contributed by atoms with van der Waals surface area (Å²) in [5, 5.41) is 0.531. The van der Waals surface area contributed by atoms with Gasteiger partial charge in [-0.1, -0.05) is 6.07 Å². The van der Waals surface area contributed by atoms with Crippen LogP contribution in [0.2, 0.25) is 0 Å². The molecule has 0 fully saturated rings. The second-order valence-corrected chi connectivity index (χ2v) is 7.32. The van der Waals surface area contributed by atoms with Crippen molar-refractivity contribution in [1.82, 2.24) is 9.47 Å². The van der Waals surface area contributed by atoms with Gasteiger partial charge in [-0.05, 0) is 26.2 Å². The van der Waals surface area contributed by atoms with Gasteiger partial charge in [0.1, 0.15) is 10.6 Å². The maximum Gasteiger partial charge on any atom is 0.263 e. The van der Waals surface area contributed by atoms with Gasteiger partial charge in [0.05, 0.1) is 18.0 Å². The van der Waals surface area contributed by atoms with E-state index in [2.05, 4.69) is 0 Å². The van der Waals surface area contributed by atoms with Gasteiger partial charge in [-0.15, -0.1) is 0 Å². The molecule has 1 heterocycles. The van der Waals surface area contributed by atoms with Crippen LogP contribution in [0, 0.1) is 0 Å². The van der Waals surface area contributed by atoms with Crippen molar-refractivity contribution in [2.45, 2.75) is 11.4 Å². The Bertz CT molecular complexity index is 723. The highest BCUT2D eigenvalue weighted by atomic mass is 35.7. The normalized spacial score (nSPS) is 12.2. The number of rotatable bonds is 5.